The van der Waals surface area contributed by atoms with Crippen molar-refractivity contribution >= 4 is 11.9 Å². The van der Waals surface area contributed by atoms with E-state index in [2.05, 4.69) is 5.32 Å². The van der Waals surface area contributed by atoms with Gasteiger partial charge in [0.05, 0.1) is 5.56 Å². The summed E-state index contributed by atoms with van der Waals surface area (Å²) in [4.78, 5) is 24.0. The lowest BCUT2D eigenvalue weighted by Crippen LogP contribution is -2.35. The van der Waals surface area contributed by atoms with Crippen LogP contribution in [0.2, 0.25) is 0 Å². The Morgan fingerprint density at radius 2 is 1.96 bits per heavy atom. The van der Waals surface area contributed by atoms with Gasteiger partial charge in [0.1, 0.15) is 5.82 Å². The predicted molar refractivity (Wildman–Crippen MR) is 85.7 cm³/mol. The number of hydrogen-bond acceptors (Lipinski definition) is 5. The summed E-state index contributed by atoms with van der Waals surface area (Å²) in [6, 6.07) is 10.8. The van der Waals surface area contributed by atoms with Crippen molar-refractivity contribution in [3.63, 3.8) is 0 Å². The molecule has 0 aliphatic carbocycles. The van der Waals surface area contributed by atoms with E-state index in [1.54, 1.807) is 18.2 Å². The molecule has 0 aromatic heterocycles. The second-order valence-electron chi connectivity index (χ2n) is 5.43. The molecule has 1 atom stereocenters. The molecule has 0 bridgehead atoms. The van der Waals surface area contributed by atoms with Crippen LogP contribution in [-0.4, -0.2) is 24.8 Å². The maximum absolute atomic E-state index is 13.5. The van der Waals surface area contributed by atoms with E-state index in [1.165, 1.54) is 25.1 Å². The Bertz CT molecular complexity index is 808. The molecule has 1 heterocycles. The van der Waals surface area contributed by atoms with E-state index < -0.39 is 23.8 Å². The molecule has 0 radical (unpaired) electrons. The molecule has 2 aromatic rings. The van der Waals surface area contributed by atoms with Gasteiger partial charge in [0.15, 0.2) is 17.6 Å². The highest BCUT2D eigenvalue weighted by Crippen LogP contribution is 2.32. The van der Waals surface area contributed by atoms with E-state index in [1.807, 2.05) is 0 Å². The molecule has 1 N–H and O–H groups in total. The van der Waals surface area contributed by atoms with E-state index in [4.69, 9.17) is 14.2 Å². The number of benzene rings is 2. The normalized spacial score (nSPS) is 13.2. The fourth-order valence-corrected chi connectivity index (χ4v) is 2.29. The molecule has 1 amide bonds. The number of hydrogen-bond donors (Lipinski definition) is 1. The smallest absolute Gasteiger partial charge is 0.341 e. The number of halogens is 1. The molecule has 1 aliphatic heterocycles. The van der Waals surface area contributed by atoms with Crippen molar-refractivity contribution in [2.75, 3.05) is 6.79 Å². The van der Waals surface area contributed by atoms with E-state index in [0.717, 1.165) is 11.6 Å². The molecule has 0 saturated heterocycles. The second kappa shape index (κ2) is 7.21. The van der Waals surface area contributed by atoms with Crippen molar-refractivity contribution in [1.82, 2.24) is 5.32 Å². The quantitative estimate of drug-likeness (QED) is 0.843. The lowest BCUT2D eigenvalue weighted by molar-refractivity contribution is -0.129. The third kappa shape index (κ3) is 3.88. The Labute approximate surface area is 143 Å². The van der Waals surface area contributed by atoms with Gasteiger partial charge in [-0.3, -0.25) is 4.79 Å². The molecular weight excluding hydrogens is 329 g/mol. The highest BCUT2D eigenvalue weighted by Gasteiger charge is 2.21. The largest absolute Gasteiger partial charge is 0.454 e. The van der Waals surface area contributed by atoms with Crippen LogP contribution in [0.4, 0.5) is 4.39 Å². The molecule has 130 valence electrons. The van der Waals surface area contributed by atoms with Gasteiger partial charge < -0.3 is 19.5 Å². The number of fused-ring (bicyclic) bond motifs is 1. The maximum atomic E-state index is 13.5. The van der Waals surface area contributed by atoms with Crippen LogP contribution in [0.3, 0.4) is 0 Å². The Balaban J connectivity index is 1.54. The van der Waals surface area contributed by atoms with Crippen molar-refractivity contribution in [3.8, 4) is 11.5 Å². The van der Waals surface area contributed by atoms with Crippen LogP contribution in [-0.2, 0) is 16.1 Å². The predicted octanol–water partition coefficient (Wildman–Crippen LogP) is 2.42. The lowest BCUT2D eigenvalue weighted by atomic mass is 10.2. The fraction of sp³-hybridized carbons (Fsp3) is 0.222. The molecule has 0 saturated carbocycles. The molecule has 1 aliphatic rings. The number of amides is 1. The van der Waals surface area contributed by atoms with Gasteiger partial charge in [-0.2, -0.15) is 0 Å². The SMILES string of the molecule is C[C@@H](OC(=O)c1ccccc1F)C(=O)NCc1ccc2c(c1)OCO2. The van der Waals surface area contributed by atoms with Gasteiger partial charge in [0, 0.05) is 6.54 Å². The van der Waals surface area contributed by atoms with Crippen LogP contribution in [0, 0.1) is 5.82 Å². The molecule has 0 spiro atoms. The van der Waals surface area contributed by atoms with Crippen molar-refractivity contribution < 1.29 is 28.2 Å². The third-order valence-electron chi connectivity index (χ3n) is 3.65. The summed E-state index contributed by atoms with van der Waals surface area (Å²) in [7, 11) is 0. The maximum Gasteiger partial charge on any atom is 0.341 e. The molecule has 25 heavy (non-hydrogen) atoms. The van der Waals surface area contributed by atoms with Crippen LogP contribution in [0.15, 0.2) is 42.5 Å². The number of nitrogens with one attached hydrogen (secondary N) is 1. The number of carbonyl (C=O) groups is 2. The second-order valence-corrected chi connectivity index (χ2v) is 5.43. The van der Waals surface area contributed by atoms with Crippen molar-refractivity contribution in [2.24, 2.45) is 0 Å². The summed E-state index contributed by atoms with van der Waals surface area (Å²) in [6.45, 7) is 1.83. The molecular formula is C18H16FNO5. The number of esters is 1. The molecule has 0 fully saturated rings. The first-order chi connectivity index (χ1) is 12.0. The Morgan fingerprint density at radius 3 is 2.76 bits per heavy atom. The first kappa shape index (κ1) is 16.8. The Morgan fingerprint density at radius 1 is 1.20 bits per heavy atom. The Hall–Kier alpha value is -3.09. The van der Waals surface area contributed by atoms with Crippen LogP contribution in [0.5, 0.6) is 11.5 Å². The number of carbonyl (C=O) groups excluding carboxylic acids is 2. The minimum atomic E-state index is -1.05. The van der Waals surface area contributed by atoms with Gasteiger partial charge in [-0.25, -0.2) is 9.18 Å². The molecule has 0 unspecified atom stereocenters. The van der Waals surface area contributed by atoms with Gasteiger partial charge in [-0.05, 0) is 36.8 Å². The first-order valence-corrected chi connectivity index (χ1v) is 7.66. The summed E-state index contributed by atoms with van der Waals surface area (Å²) >= 11 is 0. The van der Waals surface area contributed by atoms with Crippen LogP contribution in [0.25, 0.3) is 0 Å². The van der Waals surface area contributed by atoms with Crippen LogP contribution < -0.4 is 14.8 Å². The fourth-order valence-electron chi connectivity index (χ4n) is 2.29. The monoisotopic (exact) mass is 345 g/mol. The molecule has 2 aromatic carbocycles. The van der Waals surface area contributed by atoms with E-state index in [-0.39, 0.29) is 18.9 Å². The Kier molecular flexibility index (Phi) is 4.83. The molecule has 3 rings (SSSR count). The lowest BCUT2D eigenvalue weighted by Gasteiger charge is -2.14. The highest BCUT2D eigenvalue weighted by atomic mass is 19.1. The first-order valence-electron chi connectivity index (χ1n) is 7.66. The summed E-state index contributed by atoms with van der Waals surface area (Å²) in [5, 5.41) is 2.66. The average molecular weight is 345 g/mol. The van der Waals surface area contributed by atoms with E-state index in [0.29, 0.717) is 11.5 Å². The summed E-state index contributed by atoms with van der Waals surface area (Å²) < 4.78 is 29.0. The van der Waals surface area contributed by atoms with Gasteiger partial charge in [0.25, 0.3) is 5.91 Å². The summed E-state index contributed by atoms with van der Waals surface area (Å²) in [5.41, 5.74) is 0.600. The zero-order chi connectivity index (χ0) is 17.8. The highest BCUT2D eigenvalue weighted by molar-refractivity contribution is 5.92. The van der Waals surface area contributed by atoms with Crippen molar-refractivity contribution in [1.29, 1.82) is 0 Å². The van der Waals surface area contributed by atoms with Gasteiger partial charge in [-0.1, -0.05) is 18.2 Å². The van der Waals surface area contributed by atoms with Crippen LogP contribution in [0.1, 0.15) is 22.8 Å². The minimum absolute atomic E-state index is 0.175. The van der Waals surface area contributed by atoms with Gasteiger partial charge in [0.2, 0.25) is 6.79 Å². The van der Waals surface area contributed by atoms with Gasteiger partial charge >= 0.3 is 5.97 Å². The van der Waals surface area contributed by atoms with Gasteiger partial charge in [-0.15, -0.1) is 0 Å². The van der Waals surface area contributed by atoms with E-state index in [9.17, 15) is 14.0 Å². The number of rotatable bonds is 5. The summed E-state index contributed by atoms with van der Waals surface area (Å²) in [5.74, 6) is -0.792. The minimum Gasteiger partial charge on any atom is -0.454 e. The zero-order valence-electron chi connectivity index (χ0n) is 13.5. The third-order valence-corrected chi connectivity index (χ3v) is 3.65. The molecule has 7 heteroatoms. The van der Waals surface area contributed by atoms with Crippen LogP contribution >= 0.6 is 0 Å². The van der Waals surface area contributed by atoms with Crippen molar-refractivity contribution in [3.05, 3.63) is 59.4 Å². The topological polar surface area (TPSA) is 73.9 Å². The zero-order valence-corrected chi connectivity index (χ0v) is 13.5. The number of ether oxygens (including phenoxy) is 3. The van der Waals surface area contributed by atoms with Crippen molar-refractivity contribution in [2.45, 2.75) is 19.6 Å². The van der Waals surface area contributed by atoms with E-state index >= 15 is 0 Å². The average Bonchev–Trinajstić information content (AvgIpc) is 3.07. The molecule has 6 nitrogen and oxygen atoms in total. The standard InChI is InChI=1S/C18H16FNO5/c1-11(25-18(22)13-4-2-3-5-14(13)19)17(21)20-9-12-6-7-15-16(8-12)24-10-23-15/h2-8,11H,9-10H2,1H3,(H,20,21)/t11-/m1/s1. The summed E-state index contributed by atoms with van der Waals surface area (Å²) in [6.07, 6.45) is -1.05.